The van der Waals surface area contributed by atoms with Crippen molar-refractivity contribution in [3.8, 4) is 11.8 Å². The number of halogens is 4. The maximum Gasteiger partial charge on any atom is 0.393 e. The van der Waals surface area contributed by atoms with Crippen molar-refractivity contribution in [1.82, 2.24) is 29.6 Å². The highest BCUT2D eigenvalue weighted by molar-refractivity contribution is 5.98. The zero-order chi connectivity index (χ0) is 27.0. The molecule has 3 aromatic rings. The summed E-state index contributed by atoms with van der Waals surface area (Å²) < 4.78 is 57.9. The molecule has 0 radical (unpaired) electrons. The second-order valence-corrected chi connectivity index (χ2v) is 9.77. The van der Waals surface area contributed by atoms with Crippen LogP contribution in [-0.2, 0) is 6.42 Å². The highest BCUT2D eigenvalue weighted by atomic mass is 19.4. The van der Waals surface area contributed by atoms with Gasteiger partial charge in [0.1, 0.15) is 23.2 Å². The zero-order valence-electron chi connectivity index (χ0n) is 20.7. The highest BCUT2D eigenvalue weighted by Crippen LogP contribution is 2.35. The van der Waals surface area contributed by atoms with Gasteiger partial charge >= 0.3 is 6.18 Å². The Hall–Kier alpha value is -3.79. The summed E-state index contributed by atoms with van der Waals surface area (Å²) in [5.74, 6) is 5.37. The van der Waals surface area contributed by atoms with Crippen LogP contribution in [0.4, 0.5) is 29.2 Å². The lowest BCUT2D eigenvalue weighted by Gasteiger charge is -2.33. The molecular weight excluding hydrogens is 504 g/mol. The van der Waals surface area contributed by atoms with Crippen molar-refractivity contribution in [2.45, 2.75) is 50.1 Å². The van der Waals surface area contributed by atoms with Crippen molar-refractivity contribution in [2.24, 2.45) is 0 Å². The predicted octanol–water partition coefficient (Wildman–Crippen LogP) is 2.79. The van der Waals surface area contributed by atoms with Gasteiger partial charge in [-0.3, -0.25) is 9.48 Å². The number of fused-ring (bicyclic) bond motifs is 1. The largest absolute Gasteiger partial charge is 0.393 e. The number of amides is 1. The summed E-state index contributed by atoms with van der Waals surface area (Å²) in [5.41, 5.74) is 6.14. The first-order chi connectivity index (χ1) is 18.1. The van der Waals surface area contributed by atoms with Crippen molar-refractivity contribution >= 4 is 23.1 Å². The molecule has 2 atom stereocenters. The van der Waals surface area contributed by atoms with E-state index in [1.165, 1.54) is 10.6 Å². The molecule has 0 bridgehead atoms. The zero-order valence-corrected chi connectivity index (χ0v) is 20.7. The molecule has 4 N–H and O–H groups in total. The second-order valence-electron chi connectivity index (χ2n) is 9.77. The first kappa shape index (κ1) is 25.8. The number of carbonyl (C=O) groups is 1. The molecule has 3 aromatic heterocycles. The number of alkyl halides is 4. The number of rotatable bonds is 6. The molecule has 2 fully saturated rings. The molecule has 0 unspecified atom stereocenters. The SMILES string of the molecule is CN1CC[C@@H](Nc2cccc3c(CC(F)(F)F)c(C#CCNC(=O)c4cn(C5CC5)nc4N)nn23)[C@@H](F)C1. The number of nitrogens with one attached hydrogen (secondary N) is 2. The topological polar surface area (TPSA) is 106 Å². The summed E-state index contributed by atoms with van der Waals surface area (Å²) in [7, 11) is 1.84. The smallest absolute Gasteiger partial charge is 0.382 e. The Morgan fingerprint density at radius 2 is 2.03 bits per heavy atom. The number of anilines is 2. The van der Waals surface area contributed by atoms with E-state index in [4.69, 9.17) is 5.73 Å². The molecule has 5 rings (SSSR count). The fourth-order valence-electron chi connectivity index (χ4n) is 4.57. The van der Waals surface area contributed by atoms with Gasteiger partial charge in [0.15, 0.2) is 5.82 Å². The molecule has 9 nitrogen and oxygen atoms in total. The predicted molar refractivity (Wildman–Crippen MR) is 133 cm³/mol. The minimum Gasteiger partial charge on any atom is -0.382 e. The third-order valence-electron chi connectivity index (χ3n) is 6.68. The number of likely N-dealkylation sites (tertiary alicyclic amines) is 1. The Labute approximate surface area is 216 Å². The van der Waals surface area contributed by atoms with Crippen molar-refractivity contribution in [2.75, 3.05) is 37.7 Å². The summed E-state index contributed by atoms with van der Waals surface area (Å²) in [4.78, 5) is 14.4. The number of aromatic nitrogens is 4. The van der Waals surface area contributed by atoms with E-state index in [1.807, 2.05) is 11.9 Å². The lowest BCUT2D eigenvalue weighted by Crippen LogP contribution is -2.46. The van der Waals surface area contributed by atoms with Crippen molar-refractivity contribution < 1.29 is 22.4 Å². The summed E-state index contributed by atoms with van der Waals surface area (Å²) in [6.07, 6.45) is -2.77. The number of nitrogens with zero attached hydrogens (tertiary/aromatic N) is 5. The summed E-state index contributed by atoms with van der Waals surface area (Å²) >= 11 is 0. The number of nitrogens with two attached hydrogens (primary N) is 1. The van der Waals surface area contributed by atoms with E-state index in [0.29, 0.717) is 18.8 Å². The number of hydrogen-bond donors (Lipinski definition) is 3. The van der Waals surface area contributed by atoms with Crippen LogP contribution in [0.3, 0.4) is 0 Å². The third kappa shape index (κ3) is 5.70. The molecular formula is C25H28F4N8O. The van der Waals surface area contributed by atoms with Gasteiger partial charge in [-0.05, 0) is 44.4 Å². The van der Waals surface area contributed by atoms with Crippen LogP contribution in [-0.4, -0.2) is 75.3 Å². The molecule has 1 saturated heterocycles. The van der Waals surface area contributed by atoms with Crippen molar-refractivity contribution in [3.05, 3.63) is 41.2 Å². The average Bonchev–Trinajstić information content (AvgIpc) is 3.54. The minimum absolute atomic E-state index is 0.0629. The minimum atomic E-state index is -4.49. The quantitative estimate of drug-likeness (QED) is 0.333. The lowest BCUT2D eigenvalue weighted by atomic mass is 10.0. The molecule has 1 aliphatic heterocycles. The molecule has 1 aliphatic carbocycles. The molecule has 4 heterocycles. The molecule has 13 heteroatoms. The Bertz CT molecular complexity index is 1400. The molecule has 202 valence electrons. The van der Waals surface area contributed by atoms with Crippen LogP contribution in [0.5, 0.6) is 0 Å². The van der Waals surface area contributed by atoms with E-state index in [-0.39, 0.29) is 47.3 Å². The Morgan fingerprint density at radius 1 is 1.24 bits per heavy atom. The second kappa shape index (κ2) is 10.2. The lowest BCUT2D eigenvalue weighted by molar-refractivity contribution is -0.127. The highest BCUT2D eigenvalue weighted by Gasteiger charge is 2.32. The van der Waals surface area contributed by atoms with Crippen LogP contribution in [0.25, 0.3) is 5.52 Å². The van der Waals surface area contributed by atoms with Crippen molar-refractivity contribution in [1.29, 1.82) is 0 Å². The number of hydrogen-bond acceptors (Lipinski definition) is 6. The molecule has 1 saturated carbocycles. The summed E-state index contributed by atoms with van der Waals surface area (Å²) in [5, 5.41) is 14.2. The van der Waals surface area contributed by atoms with Gasteiger partial charge in [-0.15, -0.1) is 0 Å². The fraction of sp³-hybridized carbons (Fsp3) is 0.480. The standard InChI is InChI=1S/C25H28F4N8O/c1-35-11-9-20(18(26)14-35)32-22-6-2-5-21-16(12-25(27,28)29)19(33-37(21)22)4-3-10-31-24(38)17-13-36(15-7-8-15)34-23(17)30/h2,5-6,13,15,18,20,32H,7-12,14H2,1H3,(H2,30,34)(H,31,38)/t18-,20+/m0/s1. The van der Waals surface area contributed by atoms with Crippen LogP contribution in [0.1, 0.15) is 46.9 Å². The first-order valence-electron chi connectivity index (χ1n) is 12.4. The van der Waals surface area contributed by atoms with E-state index in [0.717, 1.165) is 12.8 Å². The van der Waals surface area contributed by atoms with Crippen LogP contribution >= 0.6 is 0 Å². The first-order valence-corrected chi connectivity index (χ1v) is 12.4. The van der Waals surface area contributed by atoms with Gasteiger partial charge in [-0.1, -0.05) is 12.0 Å². The van der Waals surface area contributed by atoms with E-state index in [9.17, 15) is 22.4 Å². The van der Waals surface area contributed by atoms with E-state index in [2.05, 4.69) is 32.7 Å². The van der Waals surface area contributed by atoms with Gasteiger partial charge in [-0.2, -0.15) is 23.4 Å². The number of carbonyl (C=O) groups excluding carboxylic acids is 1. The fourth-order valence-corrected chi connectivity index (χ4v) is 4.57. The molecule has 38 heavy (non-hydrogen) atoms. The van der Waals surface area contributed by atoms with Gasteiger partial charge in [0, 0.05) is 24.8 Å². The van der Waals surface area contributed by atoms with Crippen molar-refractivity contribution in [3.63, 3.8) is 0 Å². The van der Waals surface area contributed by atoms with Crippen LogP contribution in [0, 0.1) is 11.8 Å². The van der Waals surface area contributed by atoms with Crippen LogP contribution in [0.2, 0.25) is 0 Å². The maximum atomic E-state index is 14.6. The van der Waals surface area contributed by atoms with Gasteiger partial charge < -0.3 is 21.3 Å². The van der Waals surface area contributed by atoms with Gasteiger partial charge in [0.2, 0.25) is 0 Å². The van der Waals surface area contributed by atoms with E-state index >= 15 is 0 Å². The summed E-state index contributed by atoms with van der Waals surface area (Å²) in [6, 6.07) is 4.54. The molecule has 2 aliphatic rings. The Morgan fingerprint density at radius 3 is 2.74 bits per heavy atom. The normalized spacial score (nSPS) is 20.2. The maximum absolute atomic E-state index is 14.6. The van der Waals surface area contributed by atoms with Gasteiger partial charge in [0.25, 0.3) is 5.91 Å². The Kier molecular flexibility index (Phi) is 6.92. The number of piperidine rings is 1. The van der Waals surface area contributed by atoms with Gasteiger partial charge in [0.05, 0.1) is 30.6 Å². The average molecular weight is 533 g/mol. The Balaban J connectivity index is 1.36. The molecule has 0 spiro atoms. The van der Waals surface area contributed by atoms with Crippen LogP contribution in [0.15, 0.2) is 24.4 Å². The van der Waals surface area contributed by atoms with Gasteiger partial charge in [-0.25, -0.2) is 8.91 Å². The van der Waals surface area contributed by atoms with E-state index in [1.54, 1.807) is 23.0 Å². The van der Waals surface area contributed by atoms with Crippen LogP contribution < -0.4 is 16.4 Å². The molecule has 1 amide bonds. The number of nitrogen functional groups attached to an aromatic ring is 1. The number of pyridine rings is 1. The molecule has 0 aromatic carbocycles. The monoisotopic (exact) mass is 532 g/mol. The van der Waals surface area contributed by atoms with E-state index < -0.39 is 30.7 Å². The summed E-state index contributed by atoms with van der Waals surface area (Å²) in [6.45, 7) is 0.833. The third-order valence-corrected chi connectivity index (χ3v) is 6.68.